The lowest BCUT2D eigenvalue weighted by Crippen LogP contribution is -2.37. The molecular weight excluding hydrogens is 170 g/mol. The SMILES string of the molecule is O=C(C1CCCO1)N1CC[C@H](O)C1. The second kappa shape index (κ2) is 3.64. The number of hydrogen-bond acceptors (Lipinski definition) is 3. The van der Waals surface area contributed by atoms with Crippen LogP contribution in [0.5, 0.6) is 0 Å². The predicted octanol–water partition coefficient (Wildman–Crippen LogP) is -0.241. The van der Waals surface area contributed by atoms with Crippen LogP contribution in [-0.2, 0) is 9.53 Å². The van der Waals surface area contributed by atoms with E-state index in [1.807, 2.05) is 0 Å². The van der Waals surface area contributed by atoms with Crippen molar-refractivity contribution >= 4 is 5.91 Å². The summed E-state index contributed by atoms with van der Waals surface area (Å²) in [5.41, 5.74) is 0. The number of ether oxygens (including phenoxy) is 1. The molecule has 0 bridgehead atoms. The quantitative estimate of drug-likeness (QED) is 0.613. The highest BCUT2D eigenvalue weighted by Crippen LogP contribution is 2.18. The fourth-order valence-corrected chi connectivity index (χ4v) is 1.92. The predicted molar refractivity (Wildman–Crippen MR) is 46.2 cm³/mol. The molecule has 74 valence electrons. The van der Waals surface area contributed by atoms with Gasteiger partial charge in [-0.15, -0.1) is 0 Å². The van der Waals surface area contributed by atoms with Gasteiger partial charge in [0.2, 0.25) is 0 Å². The van der Waals surface area contributed by atoms with Crippen molar-refractivity contribution in [2.24, 2.45) is 0 Å². The van der Waals surface area contributed by atoms with E-state index in [9.17, 15) is 9.90 Å². The van der Waals surface area contributed by atoms with E-state index in [4.69, 9.17) is 4.74 Å². The highest BCUT2D eigenvalue weighted by molar-refractivity contribution is 5.81. The van der Waals surface area contributed by atoms with E-state index in [0.29, 0.717) is 26.1 Å². The standard InChI is InChI=1S/C9H15NO3/c11-7-3-4-10(6-7)9(12)8-2-1-5-13-8/h7-8,11H,1-6H2/t7-,8?/m0/s1. The van der Waals surface area contributed by atoms with Gasteiger partial charge in [-0.25, -0.2) is 0 Å². The molecule has 4 heteroatoms. The van der Waals surface area contributed by atoms with Crippen molar-refractivity contribution in [3.05, 3.63) is 0 Å². The van der Waals surface area contributed by atoms with Gasteiger partial charge >= 0.3 is 0 Å². The molecule has 1 unspecified atom stereocenters. The first kappa shape index (κ1) is 8.97. The molecule has 2 aliphatic rings. The average Bonchev–Trinajstić information content (AvgIpc) is 2.72. The largest absolute Gasteiger partial charge is 0.391 e. The van der Waals surface area contributed by atoms with Crippen LogP contribution in [0.25, 0.3) is 0 Å². The lowest BCUT2D eigenvalue weighted by molar-refractivity contribution is -0.140. The van der Waals surface area contributed by atoms with Gasteiger partial charge in [-0.2, -0.15) is 0 Å². The topological polar surface area (TPSA) is 49.8 Å². The smallest absolute Gasteiger partial charge is 0.251 e. The lowest BCUT2D eigenvalue weighted by Gasteiger charge is -2.19. The fraction of sp³-hybridized carbons (Fsp3) is 0.889. The van der Waals surface area contributed by atoms with Crippen molar-refractivity contribution < 1.29 is 14.6 Å². The van der Waals surface area contributed by atoms with Gasteiger partial charge in [-0.05, 0) is 19.3 Å². The number of hydrogen-bond donors (Lipinski definition) is 1. The molecule has 2 saturated heterocycles. The molecule has 0 radical (unpaired) electrons. The van der Waals surface area contributed by atoms with Crippen molar-refractivity contribution in [2.75, 3.05) is 19.7 Å². The van der Waals surface area contributed by atoms with E-state index in [1.165, 1.54) is 0 Å². The number of rotatable bonds is 1. The minimum absolute atomic E-state index is 0.0639. The van der Waals surface area contributed by atoms with Crippen LogP contribution in [-0.4, -0.2) is 47.8 Å². The van der Waals surface area contributed by atoms with Crippen LogP contribution in [0.15, 0.2) is 0 Å². The van der Waals surface area contributed by atoms with Crippen LogP contribution in [0, 0.1) is 0 Å². The van der Waals surface area contributed by atoms with E-state index in [0.717, 1.165) is 12.8 Å². The Morgan fingerprint density at radius 1 is 1.46 bits per heavy atom. The number of aliphatic hydroxyl groups is 1. The first-order valence-corrected chi connectivity index (χ1v) is 4.86. The summed E-state index contributed by atoms with van der Waals surface area (Å²) in [6, 6.07) is 0. The van der Waals surface area contributed by atoms with Crippen LogP contribution in [0.1, 0.15) is 19.3 Å². The van der Waals surface area contributed by atoms with Crippen LogP contribution in [0.3, 0.4) is 0 Å². The molecule has 1 amide bonds. The number of aliphatic hydroxyl groups excluding tert-OH is 1. The molecule has 0 aliphatic carbocycles. The van der Waals surface area contributed by atoms with Crippen LogP contribution < -0.4 is 0 Å². The Balaban J connectivity index is 1.89. The molecule has 2 fully saturated rings. The summed E-state index contributed by atoms with van der Waals surface area (Å²) in [5.74, 6) is 0.0639. The van der Waals surface area contributed by atoms with Crippen molar-refractivity contribution in [3.63, 3.8) is 0 Å². The Labute approximate surface area is 77.5 Å². The fourth-order valence-electron chi connectivity index (χ4n) is 1.92. The van der Waals surface area contributed by atoms with Gasteiger partial charge in [-0.3, -0.25) is 4.79 Å². The molecule has 2 aliphatic heterocycles. The van der Waals surface area contributed by atoms with Crippen LogP contribution >= 0.6 is 0 Å². The van der Waals surface area contributed by atoms with Crippen molar-refractivity contribution in [2.45, 2.75) is 31.5 Å². The van der Waals surface area contributed by atoms with Crippen molar-refractivity contribution in [1.82, 2.24) is 4.90 Å². The summed E-state index contributed by atoms with van der Waals surface area (Å²) in [5, 5.41) is 9.26. The Hall–Kier alpha value is -0.610. The summed E-state index contributed by atoms with van der Waals surface area (Å²) in [6.45, 7) is 1.87. The monoisotopic (exact) mass is 185 g/mol. The zero-order valence-corrected chi connectivity index (χ0v) is 7.61. The Bertz CT molecular complexity index is 201. The summed E-state index contributed by atoms with van der Waals surface area (Å²) in [6.07, 6.45) is 1.96. The molecular formula is C9H15NO3. The van der Waals surface area contributed by atoms with E-state index in [-0.39, 0.29) is 18.1 Å². The van der Waals surface area contributed by atoms with Gasteiger partial charge in [0.15, 0.2) is 0 Å². The van der Waals surface area contributed by atoms with Crippen LogP contribution in [0.2, 0.25) is 0 Å². The van der Waals surface area contributed by atoms with E-state index in [1.54, 1.807) is 4.90 Å². The molecule has 0 aromatic carbocycles. The van der Waals surface area contributed by atoms with Crippen molar-refractivity contribution in [3.8, 4) is 0 Å². The maximum Gasteiger partial charge on any atom is 0.251 e. The van der Waals surface area contributed by atoms with Gasteiger partial charge in [-0.1, -0.05) is 0 Å². The van der Waals surface area contributed by atoms with Gasteiger partial charge in [0.1, 0.15) is 6.10 Å². The molecule has 2 atom stereocenters. The molecule has 0 spiro atoms. The summed E-state index contributed by atoms with van der Waals surface area (Å²) >= 11 is 0. The number of β-amino-alcohol motifs (C(OH)–C–C–N with tert-alkyl or cyclic N) is 1. The number of likely N-dealkylation sites (tertiary alicyclic amines) is 1. The third kappa shape index (κ3) is 1.84. The highest BCUT2D eigenvalue weighted by Gasteiger charge is 2.32. The Kier molecular flexibility index (Phi) is 2.51. The van der Waals surface area contributed by atoms with Gasteiger partial charge in [0.05, 0.1) is 6.10 Å². The number of amides is 1. The van der Waals surface area contributed by atoms with Gasteiger partial charge in [0.25, 0.3) is 5.91 Å². The molecule has 4 nitrogen and oxygen atoms in total. The van der Waals surface area contributed by atoms with E-state index < -0.39 is 0 Å². The summed E-state index contributed by atoms with van der Waals surface area (Å²) < 4.78 is 5.29. The van der Waals surface area contributed by atoms with E-state index in [2.05, 4.69) is 0 Å². The minimum Gasteiger partial charge on any atom is -0.391 e. The molecule has 13 heavy (non-hydrogen) atoms. The molecule has 0 aromatic rings. The first-order valence-electron chi connectivity index (χ1n) is 4.86. The normalized spacial score (nSPS) is 34.1. The van der Waals surface area contributed by atoms with Gasteiger partial charge in [0, 0.05) is 19.7 Å². The second-order valence-electron chi connectivity index (χ2n) is 3.73. The minimum atomic E-state index is -0.328. The van der Waals surface area contributed by atoms with E-state index >= 15 is 0 Å². The number of nitrogens with zero attached hydrogens (tertiary/aromatic N) is 1. The first-order chi connectivity index (χ1) is 6.27. The number of carbonyl (C=O) groups is 1. The maximum absolute atomic E-state index is 11.7. The zero-order chi connectivity index (χ0) is 9.26. The third-order valence-electron chi connectivity index (χ3n) is 2.68. The second-order valence-corrected chi connectivity index (χ2v) is 3.73. The Morgan fingerprint density at radius 2 is 2.31 bits per heavy atom. The van der Waals surface area contributed by atoms with Crippen molar-refractivity contribution in [1.29, 1.82) is 0 Å². The maximum atomic E-state index is 11.7. The average molecular weight is 185 g/mol. The molecule has 2 rings (SSSR count). The Morgan fingerprint density at radius 3 is 2.85 bits per heavy atom. The van der Waals surface area contributed by atoms with Gasteiger partial charge < -0.3 is 14.7 Å². The molecule has 2 heterocycles. The zero-order valence-electron chi connectivity index (χ0n) is 7.61. The highest BCUT2D eigenvalue weighted by atomic mass is 16.5. The number of carbonyl (C=O) groups excluding carboxylic acids is 1. The summed E-state index contributed by atoms with van der Waals surface area (Å²) in [4.78, 5) is 13.4. The van der Waals surface area contributed by atoms with Crippen LogP contribution in [0.4, 0.5) is 0 Å². The third-order valence-corrected chi connectivity index (χ3v) is 2.68. The molecule has 0 saturated carbocycles. The molecule has 0 aromatic heterocycles. The lowest BCUT2D eigenvalue weighted by atomic mass is 10.2. The summed E-state index contributed by atoms with van der Waals surface area (Å²) in [7, 11) is 0. The molecule has 1 N–H and O–H groups in total.